The van der Waals surface area contributed by atoms with Gasteiger partial charge in [-0.3, -0.25) is 4.79 Å². The fourth-order valence-corrected chi connectivity index (χ4v) is 4.32. The number of hydrogen-bond acceptors (Lipinski definition) is 4. The number of nitrogens with zero attached hydrogens (tertiary/aromatic N) is 4. The van der Waals surface area contributed by atoms with Crippen molar-refractivity contribution in [3.8, 4) is 16.3 Å². The molecule has 4 aromatic rings. The van der Waals surface area contributed by atoms with Gasteiger partial charge < -0.3 is 9.80 Å². The zero-order chi connectivity index (χ0) is 22.5. The van der Waals surface area contributed by atoms with E-state index in [1.165, 1.54) is 0 Å². The topological polar surface area (TPSA) is 41.4 Å². The van der Waals surface area contributed by atoms with Gasteiger partial charge in [0.2, 0.25) is 0 Å². The van der Waals surface area contributed by atoms with Gasteiger partial charge in [-0.15, -0.1) is 11.3 Å². The normalized spacial score (nSPS) is 11.1. The highest BCUT2D eigenvalue weighted by atomic mass is 35.5. The fourth-order valence-electron chi connectivity index (χ4n) is 3.42. The molecule has 0 N–H and O–H groups in total. The summed E-state index contributed by atoms with van der Waals surface area (Å²) in [6, 6.07) is 23.4. The Kier molecular flexibility index (Phi) is 7.05. The summed E-state index contributed by atoms with van der Waals surface area (Å²) in [5.74, 6) is -0.0778. The van der Waals surface area contributed by atoms with Crippen LogP contribution in [0.1, 0.15) is 16.1 Å². The van der Waals surface area contributed by atoms with Crippen LogP contribution in [0.5, 0.6) is 0 Å². The van der Waals surface area contributed by atoms with Crippen LogP contribution in [0, 0.1) is 0 Å². The molecule has 0 atom stereocenters. The van der Waals surface area contributed by atoms with E-state index >= 15 is 0 Å². The molecule has 0 aliphatic heterocycles. The number of hydrogen-bond donors (Lipinski definition) is 0. The molecule has 2 aromatic carbocycles. The molecule has 0 aliphatic carbocycles. The summed E-state index contributed by atoms with van der Waals surface area (Å²) in [5.41, 5.74) is 3.03. The zero-order valence-corrected chi connectivity index (χ0v) is 19.7. The van der Waals surface area contributed by atoms with E-state index in [0.717, 1.165) is 22.7 Å². The molecule has 0 bridgehead atoms. The van der Waals surface area contributed by atoms with Crippen LogP contribution < -0.4 is 0 Å². The molecule has 0 aliphatic rings. The van der Waals surface area contributed by atoms with Gasteiger partial charge in [-0.2, -0.15) is 5.10 Å². The molecule has 164 valence electrons. The minimum Gasteiger partial charge on any atom is -0.332 e. The first kappa shape index (κ1) is 22.3. The van der Waals surface area contributed by atoms with Crippen molar-refractivity contribution in [2.75, 3.05) is 27.2 Å². The summed E-state index contributed by atoms with van der Waals surface area (Å²) in [6.07, 6.45) is 0. The SMILES string of the molecule is CN(C)CCN(Cc1ccccc1)C(=O)c1cc(-c2cccs2)nn1-c1ccccc1Cl. The van der Waals surface area contributed by atoms with Crippen LogP contribution in [0.2, 0.25) is 5.02 Å². The summed E-state index contributed by atoms with van der Waals surface area (Å²) >= 11 is 8.09. The van der Waals surface area contributed by atoms with Crippen molar-refractivity contribution in [3.63, 3.8) is 0 Å². The molecule has 0 saturated carbocycles. The average molecular weight is 465 g/mol. The molecule has 2 aromatic heterocycles. The molecular weight excluding hydrogens is 440 g/mol. The first-order valence-corrected chi connectivity index (χ1v) is 11.7. The largest absolute Gasteiger partial charge is 0.332 e. The fraction of sp³-hybridized carbons (Fsp3) is 0.200. The van der Waals surface area contributed by atoms with Crippen LogP contribution >= 0.6 is 22.9 Å². The van der Waals surface area contributed by atoms with E-state index in [9.17, 15) is 4.79 Å². The second-order valence-corrected chi connectivity index (χ2v) is 9.13. The lowest BCUT2D eigenvalue weighted by Gasteiger charge is -2.25. The quantitative estimate of drug-likeness (QED) is 0.347. The Labute approximate surface area is 197 Å². The predicted molar refractivity (Wildman–Crippen MR) is 132 cm³/mol. The van der Waals surface area contributed by atoms with Gasteiger partial charge in [0.05, 0.1) is 15.6 Å². The van der Waals surface area contributed by atoms with E-state index in [1.54, 1.807) is 16.0 Å². The average Bonchev–Trinajstić information content (AvgIpc) is 3.47. The Bertz CT molecular complexity index is 1170. The summed E-state index contributed by atoms with van der Waals surface area (Å²) < 4.78 is 1.67. The lowest BCUT2D eigenvalue weighted by atomic mass is 10.2. The van der Waals surface area contributed by atoms with Crippen LogP contribution in [-0.2, 0) is 6.54 Å². The number of rotatable bonds is 8. The summed E-state index contributed by atoms with van der Waals surface area (Å²) in [5, 5.41) is 7.32. The Hall–Kier alpha value is -2.93. The van der Waals surface area contributed by atoms with Gasteiger partial charge in [0.25, 0.3) is 5.91 Å². The molecule has 2 heterocycles. The Morgan fingerprint density at radius 2 is 1.75 bits per heavy atom. The molecular formula is C25H25ClN4OS. The third-order valence-electron chi connectivity index (χ3n) is 5.10. The second kappa shape index (κ2) is 10.1. The monoisotopic (exact) mass is 464 g/mol. The minimum absolute atomic E-state index is 0.0778. The van der Waals surface area contributed by atoms with Crippen molar-refractivity contribution in [1.82, 2.24) is 19.6 Å². The predicted octanol–water partition coefficient (Wildman–Crippen LogP) is 5.46. The molecule has 0 spiro atoms. The van der Waals surface area contributed by atoms with Crippen LogP contribution in [0.25, 0.3) is 16.3 Å². The summed E-state index contributed by atoms with van der Waals surface area (Å²) in [6.45, 7) is 1.88. The van der Waals surface area contributed by atoms with Crippen molar-refractivity contribution in [3.05, 3.63) is 94.5 Å². The highest BCUT2D eigenvalue weighted by molar-refractivity contribution is 7.13. The second-order valence-electron chi connectivity index (χ2n) is 7.77. The number of carbonyl (C=O) groups is 1. The van der Waals surface area contributed by atoms with E-state index in [4.69, 9.17) is 16.7 Å². The lowest BCUT2D eigenvalue weighted by molar-refractivity contribution is 0.0722. The van der Waals surface area contributed by atoms with Crippen molar-refractivity contribution in [2.45, 2.75) is 6.54 Å². The molecule has 1 amide bonds. The minimum atomic E-state index is -0.0778. The first-order valence-electron chi connectivity index (χ1n) is 10.4. The number of halogens is 1. The number of carbonyl (C=O) groups excluding carboxylic acids is 1. The van der Waals surface area contributed by atoms with Crippen LogP contribution in [-0.4, -0.2) is 52.7 Å². The molecule has 4 rings (SSSR count). The maximum Gasteiger partial charge on any atom is 0.272 e. The maximum atomic E-state index is 13.9. The highest BCUT2D eigenvalue weighted by Gasteiger charge is 2.24. The van der Waals surface area contributed by atoms with Gasteiger partial charge in [-0.25, -0.2) is 4.68 Å². The molecule has 32 heavy (non-hydrogen) atoms. The molecule has 0 saturated heterocycles. The summed E-state index contributed by atoms with van der Waals surface area (Å²) in [7, 11) is 4.02. The number of amides is 1. The maximum absolute atomic E-state index is 13.9. The van der Waals surface area contributed by atoms with Gasteiger partial charge in [0.15, 0.2) is 0 Å². The summed E-state index contributed by atoms with van der Waals surface area (Å²) in [4.78, 5) is 18.8. The lowest BCUT2D eigenvalue weighted by Crippen LogP contribution is -2.37. The van der Waals surface area contributed by atoms with E-state index in [2.05, 4.69) is 4.90 Å². The van der Waals surface area contributed by atoms with Crippen LogP contribution in [0.15, 0.2) is 78.2 Å². The number of aromatic nitrogens is 2. The molecule has 5 nitrogen and oxygen atoms in total. The molecule has 0 fully saturated rings. The molecule has 0 radical (unpaired) electrons. The van der Waals surface area contributed by atoms with E-state index < -0.39 is 0 Å². The van der Waals surface area contributed by atoms with E-state index in [1.807, 2.05) is 97.2 Å². The van der Waals surface area contributed by atoms with Gasteiger partial charge in [0.1, 0.15) is 11.4 Å². The smallest absolute Gasteiger partial charge is 0.272 e. The van der Waals surface area contributed by atoms with E-state index in [0.29, 0.717) is 29.5 Å². The standard InChI is InChI=1S/C25H25ClN4OS/c1-28(2)14-15-29(18-19-9-4-3-5-10-19)25(31)23-17-21(24-13-8-16-32-24)27-30(23)22-12-7-6-11-20(22)26/h3-13,16-17H,14-15,18H2,1-2H3. The highest BCUT2D eigenvalue weighted by Crippen LogP contribution is 2.29. The Morgan fingerprint density at radius 1 is 1.00 bits per heavy atom. The number of thiophene rings is 1. The Morgan fingerprint density at radius 3 is 2.44 bits per heavy atom. The van der Waals surface area contributed by atoms with Gasteiger partial charge >= 0.3 is 0 Å². The molecule has 0 unspecified atom stereocenters. The number of para-hydroxylation sites is 1. The van der Waals surface area contributed by atoms with Crippen LogP contribution in [0.4, 0.5) is 0 Å². The van der Waals surface area contributed by atoms with Gasteiger partial charge in [-0.1, -0.05) is 60.1 Å². The number of benzene rings is 2. The Balaban J connectivity index is 1.76. The first-order chi connectivity index (χ1) is 15.5. The van der Waals surface area contributed by atoms with Crippen molar-refractivity contribution in [1.29, 1.82) is 0 Å². The zero-order valence-electron chi connectivity index (χ0n) is 18.1. The van der Waals surface area contributed by atoms with Crippen molar-refractivity contribution < 1.29 is 4.79 Å². The van der Waals surface area contributed by atoms with Gasteiger partial charge in [0, 0.05) is 19.6 Å². The third-order valence-corrected chi connectivity index (χ3v) is 6.32. The third kappa shape index (κ3) is 5.10. The van der Waals surface area contributed by atoms with E-state index in [-0.39, 0.29) is 5.91 Å². The van der Waals surface area contributed by atoms with Crippen molar-refractivity contribution in [2.24, 2.45) is 0 Å². The van der Waals surface area contributed by atoms with Crippen molar-refractivity contribution >= 4 is 28.8 Å². The van der Waals surface area contributed by atoms with Gasteiger partial charge in [-0.05, 0) is 49.3 Å². The number of likely N-dealkylation sites (N-methyl/N-ethyl adjacent to an activating group) is 1. The molecule has 7 heteroatoms. The van der Waals surface area contributed by atoms with Crippen LogP contribution in [0.3, 0.4) is 0 Å².